The fourth-order valence-electron chi connectivity index (χ4n) is 0.410. The van der Waals surface area contributed by atoms with Crippen molar-refractivity contribution in [3.63, 3.8) is 0 Å². The maximum atomic E-state index is 8.31. The number of nitriles is 1. The lowest BCUT2D eigenvalue weighted by Gasteiger charge is -2.18. The lowest BCUT2D eigenvalue weighted by atomic mass is 10.2. The molecular formula is C8H16N2O2. The third kappa shape index (κ3) is 7.48. The number of rotatable bonds is 4. The predicted molar refractivity (Wildman–Crippen MR) is 44.8 cm³/mol. The van der Waals surface area contributed by atoms with Crippen LogP contribution in [-0.4, -0.2) is 11.6 Å². The van der Waals surface area contributed by atoms with Crippen LogP contribution in [0.25, 0.3) is 0 Å². The van der Waals surface area contributed by atoms with Gasteiger partial charge in [0.05, 0.1) is 18.1 Å². The lowest BCUT2D eigenvalue weighted by Crippen LogP contribution is -2.30. The van der Waals surface area contributed by atoms with E-state index in [1.807, 2.05) is 33.8 Å². The van der Waals surface area contributed by atoms with Crippen LogP contribution < -0.4 is 5.48 Å². The van der Waals surface area contributed by atoms with E-state index in [-0.39, 0.29) is 11.6 Å². The molecule has 1 atom stereocenters. The normalized spacial score (nSPS) is 13.9. The number of hydrogen-bond acceptors (Lipinski definition) is 4. The van der Waals surface area contributed by atoms with Crippen LogP contribution in [0.15, 0.2) is 0 Å². The summed E-state index contributed by atoms with van der Waals surface area (Å²) >= 11 is 0. The second-order valence-corrected chi connectivity index (χ2v) is 3.66. The summed E-state index contributed by atoms with van der Waals surface area (Å²) in [4.78, 5) is 9.64. The van der Waals surface area contributed by atoms with Gasteiger partial charge < -0.3 is 0 Å². The van der Waals surface area contributed by atoms with Gasteiger partial charge in [-0.25, -0.2) is 4.89 Å². The van der Waals surface area contributed by atoms with Crippen molar-refractivity contribution < 1.29 is 9.88 Å². The van der Waals surface area contributed by atoms with E-state index in [2.05, 4.69) is 5.48 Å². The van der Waals surface area contributed by atoms with E-state index >= 15 is 0 Å². The van der Waals surface area contributed by atoms with Crippen LogP contribution in [0.5, 0.6) is 0 Å². The molecule has 0 aliphatic rings. The molecule has 0 unspecified atom stereocenters. The fourth-order valence-corrected chi connectivity index (χ4v) is 0.410. The first-order chi connectivity index (χ1) is 5.45. The van der Waals surface area contributed by atoms with Gasteiger partial charge in [-0.05, 0) is 27.7 Å². The van der Waals surface area contributed by atoms with E-state index in [0.717, 1.165) is 0 Å². The molecule has 0 aromatic carbocycles. The zero-order valence-corrected chi connectivity index (χ0v) is 8.05. The number of nitrogens with zero attached hydrogens (tertiary/aromatic N) is 1. The van der Waals surface area contributed by atoms with Gasteiger partial charge >= 0.3 is 0 Å². The molecule has 0 radical (unpaired) electrons. The van der Waals surface area contributed by atoms with Crippen LogP contribution in [0.1, 0.15) is 34.1 Å². The Morgan fingerprint density at radius 3 is 2.50 bits per heavy atom. The van der Waals surface area contributed by atoms with Crippen molar-refractivity contribution in [1.82, 2.24) is 5.48 Å². The van der Waals surface area contributed by atoms with Gasteiger partial charge in [-0.15, -0.1) is 4.99 Å². The Balaban J connectivity index is 3.38. The molecule has 12 heavy (non-hydrogen) atoms. The molecule has 0 aliphatic carbocycles. The van der Waals surface area contributed by atoms with Crippen molar-refractivity contribution in [2.45, 2.75) is 45.8 Å². The zero-order chi connectivity index (χ0) is 9.61. The van der Waals surface area contributed by atoms with E-state index in [9.17, 15) is 0 Å². The minimum Gasteiger partial charge on any atom is -0.212 e. The first-order valence-electron chi connectivity index (χ1n) is 3.93. The Bertz CT molecular complexity index is 157. The van der Waals surface area contributed by atoms with E-state index in [0.29, 0.717) is 6.42 Å². The Hall–Kier alpha value is -0.630. The Morgan fingerprint density at radius 2 is 2.08 bits per heavy atom. The van der Waals surface area contributed by atoms with Gasteiger partial charge in [0.15, 0.2) is 0 Å². The average molecular weight is 172 g/mol. The second kappa shape index (κ2) is 5.09. The maximum Gasteiger partial charge on any atom is 0.0972 e. The molecule has 0 bridgehead atoms. The first kappa shape index (κ1) is 11.4. The Kier molecular flexibility index (Phi) is 4.83. The Morgan fingerprint density at radius 1 is 1.50 bits per heavy atom. The molecule has 0 saturated carbocycles. The quantitative estimate of drug-likeness (QED) is 0.516. The molecular weight excluding hydrogens is 156 g/mol. The molecule has 1 N–H and O–H groups in total. The third-order valence-corrected chi connectivity index (χ3v) is 0.938. The van der Waals surface area contributed by atoms with Crippen LogP contribution >= 0.6 is 0 Å². The number of hydrogen-bond donors (Lipinski definition) is 1. The summed E-state index contributed by atoms with van der Waals surface area (Å²) in [7, 11) is 0. The topological polar surface area (TPSA) is 54.3 Å². The summed E-state index contributed by atoms with van der Waals surface area (Å²) in [6.45, 7) is 7.48. The van der Waals surface area contributed by atoms with Crippen molar-refractivity contribution in [1.29, 1.82) is 5.26 Å². The van der Waals surface area contributed by atoms with Gasteiger partial charge in [-0.2, -0.15) is 10.7 Å². The van der Waals surface area contributed by atoms with Gasteiger partial charge in [0, 0.05) is 6.04 Å². The van der Waals surface area contributed by atoms with E-state index < -0.39 is 0 Å². The first-order valence-corrected chi connectivity index (χ1v) is 3.93. The second-order valence-electron chi connectivity index (χ2n) is 3.66. The minimum absolute atomic E-state index is 0.0163. The molecule has 70 valence electrons. The summed E-state index contributed by atoms with van der Waals surface area (Å²) in [5.74, 6) is 0. The third-order valence-electron chi connectivity index (χ3n) is 0.938. The monoisotopic (exact) mass is 172 g/mol. The molecule has 0 rings (SSSR count). The summed E-state index contributed by atoms with van der Waals surface area (Å²) in [6.07, 6.45) is 0.396. The fraction of sp³-hybridized carbons (Fsp3) is 0.875. The molecule has 4 heteroatoms. The van der Waals surface area contributed by atoms with Crippen molar-refractivity contribution in [3.05, 3.63) is 0 Å². The highest BCUT2D eigenvalue weighted by molar-refractivity contribution is 4.74. The molecule has 0 aromatic heterocycles. The van der Waals surface area contributed by atoms with Crippen LogP contribution in [0.2, 0.25) is 0 Å². The van der Waals surface area contributed by atoms with E-state index in [1.54, 1.807) is 0 Å². The van der Waals surface area contributed by atoms with Gasteiger partial charge in [-0.3, -0.25) is 0 Å². The molecule has 0 aromatic rings. The minimum atomic E-state index is -0.334. The number of hydroxylamine groups is 1. The summed E-state index contributed by atoms with van der Waals surface area (Å²) in [5, 5.41) is 8.31. The summed E-state index contributed by atoms with van der Waals surface area (Å²) in [5.41, 5.74) is 2.26. The van der Waals surface area contributed by atoms with Crippen LogP contribution in [0.3, 0.4) is 0 Å². The summed E-state index contributed by atoms with van der Waals surface area (Å²) < 4.78 is 0. The highest BCUT2D eigenvalue weighted by Crippen LogP contribution is 2.05. The standard InChI is InChI=1S/C8H16N2O2/c1-7(5-6-9)10-12-11-8(2,3)4/h7,10H,5H2,1-4H3/t7-/m1/s1. The van der Waals surface area contributed by atoms with E-state index in [4.69, 9.17) is 15.1 Å². The SMILES string of the molecule is C[C@H](CC#N)NOOC(C)(C)C. The number of nitrogens with one attached hydrogen (secondary N) is 1. The largest absolute Gasteiger partial charge is 0.212 e. The van der Waals surface area contributed by atoms with Crippen molar-refractivity contribution in [3.8, 4) is 6.07 Å². The predicted octanol–water partition coefficient (Wildman–Crippen LogP) is 1.54. The van der Waals surface area contributed by atoms with Crippen LogP contribution in [0.4, 0.5) is 0 Å². The molecule has 0 saturated heterocycles. The zero-order valence-electron chi connectivity index (χ0n) is 8.05. The maximum absolute atomic E-state index is 8.31. The van der Waals surface area contributed by atoms with Gasteiger partial charge in [-0.1, -0.05) is 0 Å². The molecule has 0 fully saturated rings. The molecule has 0 amide bonds. The molecule has 4 nitrogen and oxygen atoms in total. The van der Waals surface area contributed by atoms with E-state index in [1.165, 1.54) is 0 Å². The van der Waals surface area contributed by atoms with Gasteiger partial charge in [0.1, 0.15) is 0 Å². The Labute approximate surface area is 73.3 Å². The summed E-state index contributed by atoms with van der Waals surface area (Å²) in [6, 6.07) is 2.00. The highest BCUT2D eigenvalue weighted by atomic mass is 17.3. The van der Waals surface area contributed by atoms with Gasteiger partial charge in [0.2, 0.25) is 0 Å². The van der Waals surface area contributed by atoms with Gasteiger partial charge in [0.25, 0.3) is 0 Å². The smallest absolute Gasteiger partial charge is 0.0972 e. The van der Waals surface area contributed by atoms with Crippen LogP contribution in [-0.2, 0) is 9.88 Å². The van der Waals surface area contributed by atoms with Crippen LogP contribution in [0, 0.1) is 11.3 Å². The lowest BCUT2D eigenvalue weighted by molar-refractivity contribution is -0.388. The van der Waals surface area contributed by atoms with Crippen molar-refractivity contribution in [2.24, 2.45) is 0 Å². The molecule has 0 spiro atoms. The average Bonchev–Trinajstić information content (AvgIpc) is 1.84. The highest BCUT2D eigenvalue weighted by Gasteiger charge is 2.12. The molecule has 0 aliphatic heterocycles. The van der Waals surface area contributed by atoms with Crippen molar-refractivity contribution >= 4 is 0 Å². The molecule has 0 heterocycles. The van der Waals surface area contributed by atoms with Crippen molar-refractivity contribution in [2.75, 3.05) is 0 Å².